The minimum absolute atomic E-state index is 0.277. The third-order valence-electron chi connectivity index (χ3n) is 4.80. The van der Waals surface area contributed by atoms with Gasteiger partial charge in [0.2, 0.25) is 0 Å². The third-order valence-corrected chi connectivity index (χ3v) is 4.80. The molecule has 22 heavy (non-hydrogen) atoms. The van der Waals surface area contributed by atoms with Gasteiger partial charge in [-0.3, -0.25) is 9.58 Å². The quantitative estimate of drug-likeness (QED) is 0.943. The highest BCUT2D eigenvalue weighted by Crippen LogP contribution is 2.32. The Labute approximate surface area is 132 Å². The standard InChI is InChI=1S/C18H26N4/c1-14-4-5-15(11-22-7-6-18(2,12-19)13-22)17(8-14)16-9-20-21(3)10-16/h4-5,8-10H,6-7,11-13,19H2,1-3H3. The molecule has 2 heterocycles. The van der Waals surface area contributed by atoms with E-state index in [1.165, 1.54) is 28.7 Å². The number of aryl methyl sites for hydroxylation is 2. The van der Waals surface area contributed by atoms with Gasteiger partial charge in [-0.1, -0.05) is 30.7 Å². The van der Waals surface area contributed by atoms with Gasteiger partial charge >= 0.3 is 0 Å². The van der Waals surface area contributed by atoms with E-state index >= 15 is 0 Å². The normalized spacial score (nSPS) is 22.4. The minimum atomic E-state index is 0.277. The van der Waals surface area contributed by atoms with E-state index in [2.05, 4.69) is 48.2 Å². The highest BCUT2D eigenvalue weighted by Gasteiger charge is 2.32. The van der Waals surface area contributed by atoms with Crippen molar-refractivity contribution in [2.24, 2.45) is 18.2 Å². The summed E-state index contributed by atoms with van der Waals surface area (Å²) in [5.41, 5.74) is 11.4. The van der Waals surface area contributed by atoms with Gasteiger partial charge in [0.1, 0.15) is 0 Å². The van der Waals surface area contributed by atoms with Gasteiger partial charge < -0.3 is 5.73 Å². The second kappa shape index (κ2) is 5.86. The summed E-state index contributed by atoms with van der Waals surface area (Å²) in [6, 6.07) is 6.73. The Hall–Kier alpha value is -1.65. The largest absolute Gasteiger partial charge is 0.330 e. The fourth-order valence-corrected chi connectivity index (χ4v) is 3.33. The Balaban J connectivity index is 1.85. The number of hydrogen-bond donors (Lipinski definition) is 1. The molecule has 1 fully saturated rings. The van der Waals surface area contributed by atoms with Gasteiger partial charge in [-0.15, -0.1) is 0 Å². The van der Waals surface area contributed by atoms with Crippen molar-refractivity contribution in [2.75, 3.05) is 19.6 Å². The first kappa shape index (κ1) is 15.3. The van der Waals surface area contributed by atoms with Gasteiger partial charge in [-0.2, -0.15) is 5.10 Å². The molecule has 118 valence electrons. The van der Waals surface area contributed by atoms with Gasteiger partial charge in [-0.05, 0) is 43.0 Å². The van der Waals surface area contributed by atoms with Crippen molar-refractivity contribution in [2.45, 2.75) is 26.8 Å². The summed E-state index contributed by atoms with van der Waals surface area (Å²) in [5.74, 6) is 0. The highest BCUT2D eigenvalue weighted by molar-refractivity contribution is 5.66. The van der Waals surface area contributed by atoms with Crippen molar-refractivity contribution in [1.82, 2.24) is 14.7 Å². The average Bonchev–Trinajstić information content (AvgIpc) is 3.08. The van der Waals surface area contributed by atoms with Crippen LogP contribution in [0.4, 0.5) is 0 Å². The van der Waals surface area contributed by atoms with Crippen LogP contribution in [-0.4, -0.2) is 34.3 Å². The molecule has 4 heteroatoms. The lowest BCUT2D eigenvalue weighted by molar-refractivity contribution is 0.275. The molecule has 1 aliphatic heterocycles. The van der Waals surface area contributed by atoms with Gasteiger partial charge in [-0.25, -0.2) is 0 Å². The Morgan fingerprint density at radius 3 is 2.82 bits per heavy atom. The van der Waals surface area contributed by atoms with Crippen molar-refractivity contribution < 1.29 is 0 Å². The van der Waals surface area contributed by atoms with Crippen LogP contribution in [0.1, 0.15) is 24.5 Å². The van der Waals surface area contributed by atoms with E-state index in [0.717, 1.165) is 26.2 Å². The topological polar surface area (TPSA) is 47.1 Å². The van der Waals surface area contributed by atoms with Crippen LogP contribution in [0.15, 0.2) is 30.6 Å². The van der Waals surface area contributed by atoms with Crippen LogP contribution in [-0.2, 0) is 13.6 Å². The van der Waals surface area contributed by atoms with E-state index in [-0.39, 0.29) is 5.41 Å². The minimum Gasteiger partial charge on any atom is -0.330 e. The van der Waals surface area contributed by atoms with Gasteiger partial charge in [0.25, 0.3) is 0 Å². The molecule has 1 atom stereocenters. The van der Waals surface area contributed by atoms with Crippen molar-refractivity contribution in [3.63, 3.8) is 0 Å². The fourth-order valence-electron chi connectivity index (χ4n) is 3.33. The number of rotatable bonds is 4. The second-order valence-corrected chi connectivity index (χ2v) is 7.04. The molecule has 1 unspecified atom stereocenters. The summed E-state index contributed by atoms with van der Waals surface area (Å²) in [7, 11) is 1.96. The second-order valence-electron chi connectivity index (χ2n) is 7.04. The SMILES string of the molecule is Cc1ccc(CN2CCC(C)(CN)C2)c(-c2cnn(C)c2)c1. The summed E-state index contributed by atoms with van der Waals surface area (Å²) in [5, 5.41) is 4.32. The van der Waals surface area contributed by atoms with E-state index in [9.17, 15) is 0 Å². The molecule has 0 radical (unpaired) electrons. The number of likely N-dealkylation sites (tertiary alicyclic amines) is 1. The summed E-state index contributed by atoms with van der Waals surface area (Å²) >= 11 is 0. The van der Waals surface area contributed by atoms with Gasteiger partial charge in [0.05, 0.1) is 6.20 Å². The smallest absolute Gasteiger partial charge is 0.0568 e. The van der Waals surface area contributed by atoms with E-state index < -0.39 is 0 Å². The van der Waals surface area contributed by atoms with Crippen LogP contribution in [0.5, 0.6) is 0 Å². The molecule has 1 aliphatic rings. The molecule has 1 saturated heterocycles. The molecular formula is C18H26N4. The Morgan fingerprint density at radius 2 is 2.18 bits per heavy atom. The predicted molar refractivity (Wildman–Crippen MR) is 90.4 cm³/mol. The molecule has 0 saturated carbocycles. The molecular weight excluding hydrogens is 272 g/mol. The molecule has 2 aromatic rings. The molecule has 1 aromatic carbocycles. The molecule has 0 bridgehead atoms. The molecule has 4 nitrogen and oxygen atoms in total. The lowest BCUT2D eigenvalue weighted by atomic mass is 9.90. The average molecular weight is 298 g/mol. The van der Waals surface area contributed by atoms with Crippen molar-refractivity contribution in [3.05, 3.63) is 41.7 Å². The molecule has 0 aliphatic carbocycles. The molecule has 2 N–H and O–H groups in total. The molecule has 3 rings (SSSR count). The Kier molecular flexibility index (Phi) is 4.06. The van der Waals surface area contributed by atoms with Crippen LogP contribution in [0.25, 0.3) is 11.1 Å². The first-order chi connectivity index (χ1) is 10.5. The monoisotopic (exact) mass is 298 g/mol. The summed E-state index contributed by atoms with van der Waals surface area (Å²) in [6.07, 6.45) is 5.23. The molecule has 1 aromatic heterocycles. The maximum atomic E-state index is 5.93. The number of hydrogen-bond acceptors (Lipinski definition) is 3. The van der Waals surface area contributed by atoms with Crippen molar-refractivity contribution in [1.29, 1.82) is 0 Å². The zero-order chi connectivity index (χ0) is 15.7. The maximum Gasteiger partial charge on any atom is 0.0568 e. The Bertz CT molecular complexity index is 661. The summed E-state index contributed by atoms with van der Waals surface area (Å²) in [6.45, 7) is 8.42. The van der Waals surface area contributed by atoms with E-state index in [4.69, 9.17) is 5.73 Å². The number of nitrogens with two attached hydrogens (primary N) is 1. The van der Waals surface area contributed by atoms with Gasteiger partial charge in [0, 0.05) is 31.9 Å². The van der Waals surface area contributed by atoms with Crippen LogP contribution >= 0.6 is 0 Å². The van der Waals surface area contributed by atoms with Gasteiger partial charge in [0.15, 0.2) is 0 Å². The van der Waals surface area contributed by atoms with Crippen molar-refractivity contribution in [3.8, 4) is 11.1 Å². The highest BCUT2D eigenvalue weighted by atomic mass is 15.2. The summed E-state index contributed by atoms with van der Waals surface area (Å²) < 4.78 is 1.86. The van der Waals surface area contributed by atoms with Crippen LogP contribution < -0.4 is 5.73 Å². The zero-order valence-electron chi connectivity index (χ0n) is 13.8. The van der Waals surface area contributed by atoms with E-state index in [1.54, 1.807) is 0 Å². The number of nitrogens with zero attached hydrogens (tertiary/aromatic N) is 3. The van der Waals surface area contributed by atoms with E-state index in [1.807, 2.05) is 17.9 Å². The third kappa shape index (κ3) is 3.08. The first-order valence-electron chi connectivity index (χ1n) is 8.00. The fraction of sp³-hybridized carbons (Fsp3) is 0.500. The predicted octanol–water partition coefficient (Wildman–Crippen LogP) is 2.57. The van der Waals surface area contributed by atoms with Crippen molar-refractivity contribution >= 4 is 0 Å². The maximum absolute atomic E-state index is 5.93. The number of aromatic nitrogens is 2. The van der Waals surface area contributed by atoms with Crippen LogP contribution in [0, 0.1) is 12.3 Å². The molecule has 0 amide bonds. The zero-order valence-corrected chi connectivity index (χ0v) is 13.8. The lowest BCUT2D eigenvalue weighted by Gasteiger charge is -2.23. The first-order valence-corrected chi connectivity index (χ1v) is 8.00. The number of benzene rings is 1. The van der Waals surface area contributed by atoms with Crippen LogP contribution in [0.2, 0.25) is 0 Å². The summed E-state index contributed by atoms with van der Waals surface area (Å²) in [4.78, 5) is 2.53. The Morgan fingerprint density at radius 1 is 1.36 bits per heavy atom. The molecule has 0 spiro atoms. The van der Waals surface area contributed by atoms with Crippen LogP contribution in [0.3, 0.4) is 0 Å². The lowest BCUT2D eigenvalue weighted by Crippen LogP contribution is -2.31. The van der Waals surface area contributed by atoms with E-state index in [0.29, 0.717) is 0 Å².